The number of nitrogens with zero attached hydrogens (tertiary/aromatic N) is 2. The first kappa shape index (κ1) is 10.3. The van der Waals surface area contributed by atoms with E-state index < -0.39 is 5.54 Å². The number of aromatic nitrogens is 2. The standard InChI is InChI=1S/C12H13N3O2/c13-12(6-1-7-12)11-14-10(15-17-11)8-2-4-9(16)5-3-8/h2-5,16H,1,6-7,13H2. The Labute approximate surface area is 98.3 Å². The molecule has 1 aromatic heterocycles. The molecule has 1 aliphatic rings. The van der Waals surface area contributed by atoms with E-state index in [1.54, 1.807) is 24.3 Å². The largest absolute Gasteiger partial charge is 0.508 e. The summed E-state index contributed by atoms with van der Waals surface area (Å²) in [5.41, 5.74) is 6.48. The van der Waals surface area contributed by atoms with Crippen molar-refractivity contribution < 1.29 is 9.63 Å². The van der Waals surface area contributed by atoms with Crippen molar-refractivity contribution in [2.24, 2.45) is 5.73 Å². The normalized spacial score (nSPS) is 17.7. The molecule has 1 saturated carbocycles. The molecule has 0 amide bonds. The van der Waals surface area contributed by atoms with Crippen LogP contribution in [0.25, 0.3) is 11.4 Å². The fourth-order valence-corrected chi connectivity index (χ4v) is 1.93. The number of phenols is 1. The monoisotopic (exact) mass is 231 g/mol. The van der Waals surface area contributed by atoms with E-state index in [-0.39, 0.29) is 5.75 Å². The first-order valence-corrected chi connectivity index (χ1v) is 5.60. The molecular weight excluding hydrogens is 218 g/mol. The second-order valence-corrected chi connectivity index (χ2v) is 4.48. The Morgan fingerprint density at radius 2 is 1.94 bits per heavy atom. The van der Waals surface area contributed by atoms with Gasteiger partial charge in [0.1, 0.15) is 5.75 Å². The number of hydrogen-bond donors (Lipinski definition) is 2. The Morgan fingerprint density at radius 1 is 1.24 bits per heavy atom. The number of aromatic hydroxyl groups is 1. The van der Waals surface area contributed by atoms with Crippen molar-refractivity contribution in [1.82, 2.24) is 10.1 Å². The predicted octanol–water partition coefficient (Wildman–Crippen LogP) is 1.78. The molecule has 88 valence electrons. The van der Waals surface area contributed by atoms with E-state index in [0.717, 1.165) is 24.8 Å². The van der Waals surface area contributed by atoms with Crippen LogP contribution in [0.4, 0.5) is 0 Å². The average molecular weight is 231 g/mol. The summed E-state index contributed by atoms with van der Waals surface area (Å²) >= 11 is 0. The van der Waals surface area contributed by atoms with E-state index in [1.165, 1.54) is 0 Å². The van der Waals surface area contributed by atoms with Gasteiger partial charge in [-0.15, -0.1) is 0 Å². The maximum Gasteiger partial charge on any atom is 0.247 e. The highest BCUT2D eigenvalue weighted by Crippen LogP contribution is 2.38. The molecule has 0 radical (unpaired) electrons. The van der Waals surface area contributed by atoms with E-state index in [2.05, 4.69) is 10.1 Å². The number of benzene rings is 1. The van der Waals surface area contributed by atoms with Crippen molar-refractivity contribution in [2.45, 2.75) is 24.8 Å². The smallest absolute Gasteiger partial charge is 0.247 e. The molecule has 1 aliphatic carbocycles. The molecular formula is C12H13N3O2. The summed E-state index contributed by atoms with van der Waals surface area (Å²) in [5, 5.41) is 13.1. The summed E-state index contributed by atoms with van der Waals surface area (Å²) in [6.07, 6.45) is 2.89. The third-order valence-electron chi connectivity index (χ3n) is 3.22. The number of nitrogens with two attached hydrogens (primary N) is 1. The van der Waals surface area contributed by atoms with Crippen LogP contribution in [-0.2, 0) is 5.54 Å². The van der Waals surface area contributed by atoms with Crippen molar-refractivity contribution >= 4 is 0 Å². The fourth-order valence-electron chi connectivity index (χ4n) is 1.93. The van der Waals surface area contributed by atoms with Gasteiger partial charge in [-0.1, -0.05) is 5.16 Å². The summed E-state index contributed by atoms with van der Waals surface area (Å²) in [5.74, 6) is 1.23. The minimum absolute atomic E-state index is 0.215. The van der Waals surface area contributed by atoms with Gasteiger partial charge in [0.25, 0.3) is 0 Å². The van der Waals surface area contributed by atoms with E-state index in [1.807, 2.05) is 0 Å². The van der Waals surface area contributed by atoms with Crippen LogP contribution in [0, 0.1) is 0 Å². The maximum atomic E-state index is 9.20. The SMILES string of the molecule is NC1(c2nc(-c3ccc(O)cc3)no2)CCC1. The van der Waals surface area contributed by atoms with Gasteiger partial charge >= 0.3 is 0 Å². The lowest BCUT2D eigenvalue weighted by molar-refractivity contribution is 0.181. The van der Waals surface area contributed by atoms with Crippen LogP contribution in [0.15, 0.2) is 28.8 Å². The Balaban J connectivity index is 1.92. The first-order chi connectivity index (χ1) is 8.17. The van der Waals surface area contributed by atoms with Gasteiger partial charge in [0.2, 0.25) is 11.7 Å². The molecule has 3 N–H and O–H groups in total. The van der Waals surface area contributed by atoms with Crippen LogP contribution in [0.5, 0.6) is 5.75 Å². The van der Waals surface area contributed by atoms with Crippen molar-refractivity contribution in [3.8, 4) is 17.1 Å². The Kier molecular flexibility index (Phi) is 2.16. The number of phenolic OH excluding ortho intramolecular Hbond substituents is 1. The Hall–Kier alpha value is -1.88. The highest BCUT2D eigenvalue weighted by molar-refractivity contribution is 5.55. The van der Waals surface area contributed by atoms with Gasteiger partial charge in [-0.05, 0) is 43.5 Å². The molecule has 3 rings (SSSR count). The molecule has 0 saturated heterocycles. The van der Waals surface area contributed by atoms with Crippen LogP contribution >= 0.6 is 0 Å². The lowest BCUT2D eigenvalue weighted by Gasteiger charge is -2.33. The highest BCUT2D eigenvalue weighted by Gasteiger charge is 2.39. The van der Waals surface area contributed by atoms with Crippen molar-refractivity contribution in [3.05, 3.63) is 30.2 Å². The van der Waals surface area contributed by atoms with Gasteiger partial charge in [-0.25, -0.2) is 0 Å². The van der Waals surface area contributed by atoms with Crippen LogP contribution in [0.2, 0.25) is 0 Å². The summed E-state index contributed by atoms with van der Waals surface area (Å²) in [4.78, 5) is 4.32. The van der Waals surface area contributed by atoms with E-state index in [4.69, 9.17) is 10.3 Å². The minimum Gasteiger partial charge on any atom is -0.508 e. The molecule has 0 aliphatic heterocycles. The second-order valence-electron chi connectivity index (χ2n) is 4.48. The molecule has 0 atom stereocenters. The molecule has 1 fully saturated rings. The molecule has 1 heterocycles. The van der Waals surface area contributed by atoms with E-state index in [9.17, 15) is 5.11 Å². The molecule has 0 unspecified atom stereocenters. The average Bonchev–Trinajstić information content (AvgIpc) is 2.76. The summed E-state index contributed by atoms with van der Waals surface area (Å²) < 4.78 is 5.21. The van der Waals surface area contributed by atoms with Crippen LogP contribution < -0.4 is 5.73 Å². The quantitative estimate of drug-likeness (QED) is 0.822. The predicted molar refractivity (Wildman–Crippen MR) is 61.1 cm³/mol. The third kappa shape index (κ3) is 1.68. The topological polar surface area (TPSA) is 85.2 Å². The zero-order chi connectivity index (χ0) is 11.9. The van der Waals surface area contributed by atoms with Gasteiger partial charge in [-0.3, -0.25) is 0 Å². The number of rotatable bonds is 2. The first-order valence-electron chi connectivity index (χ1n) is 5.60. The van der Waals surface area contributed by atoms with E-state index >= 15 is 0 Å². The Bertz CT molecular complexity index is 529. The maximum absolute atomic E-state index is 9.20. The summed E-state index contributed by atoms with van der Waals surface area (Å²) in [7, 11) is 0. The second kappa shape index (κ2) is 3.56. The minimum atomic E-state index is -0.428. The molecule has 2 aromatic rings. The molecule has 5 heteroatoms. The van der Waals surface area contributed by atoms with Crippen LogP contribution in [-0.4, -0.2) is 15.2 Å². The lowest BCUT2D eigenvalue weighted by Crippen LogP contribution is -2.43. The van der Waals surface area contributed by atoms with Crippen molar-refractivity contribution in [1.29, 1.82) is 0 Å². The highest BCUT2D eigenvalue weighted by atomic mass is 16.5. The van der Waals surface area contributed by atoms with Gasteiger partial charge in [-0.2, -0.15) is 4.98 Å². The summed E-state index contributed by atoms with van der Waals surface area (Å²) in [6, 6.07) is 6.67. The van der Waals surface area contributed by atoms with Gasteiger partial charge in [0.05, 0.1) is 5.54 Å². The molecule has 0 bridgehead atoms. The lowest BCUT2D eigenvalue weighted by atomic mass is 9.78. The third-order valence-corrected chi connectivity index (χ3v) is 3.22. The summed E-state index contributed by atoms with van der Waals surface area (Å²) in [6.45, 7) is 0. The molecule has 1 aromatic carbocycles. The zero-order valence-corrected chi connectivity index (χ0v) is 9.26. The molecule has 5 nitrogen and oxygen atoms in total. The Morgan fingerprint density at radius 3 is 2.53 bits per heavy atom. The zero-order valence-electron chi connectivity index (χ0n) is 9.26. The van der Waals surface area contributed by atoms with Crippen molar-refractivity contribution in [2.75, 3.05) is 0 Å². The number of hydrogen-bond acceptors (Lipinski definition) is 5. The van der Waals surface area contributed by atoms with Crippen LogP contribution in [0.1, 0.15) is 25.2 Å². The molecule has 0 spiro atoms. The van der Waals surface area contributed by atoms with Gasteiger partial charge < -0.3 is 15.4 Å². The fraction of sp³-hybridized carbons (Fsp3) is 0.333. The van der Waals surface area contributed by atoms with E-state index in [0.29, 0.717) is 11.7 Å². The molecule has 17 heavy (non-hydrogen) atoms. The van der Waals surface area contributed by atoms with Crippen LogP contribution in [0.3, 0.4) is 0 Å². The van der Waals surface area contributed by atoms with Crippen molar-refractivity contribution in [3.63, 3.8) is 0 Å². The van der Waals surface area contributed by atoms with Gasteiger partial charge in [0, 0.05) is 5.56 Å². The van der Waals surface area contributed by atoms with Gasteiger partial charge in [0.15, 0.2) is 0 Å².